The van der Waals surface area contributed by atoms with Crippen LogP contribution in [0.15, 0.2) is 23.1 Å². The lowest BCUT2D eigenvalue weighted by atomic mass is 10.2. The molecule has 0 spiro atoms. The number of rotatable bonds is 4. The normalized spacial score (nSPS) is 20.5. The molecule has 25 heavy (non-hydrogen) atoms. The zero-order chi connectivity index (χ0) is 17.4. The van der Waals surface area contributed by atoms with Crippen LogP contribution in [0.25, 0.3) is 5.57 Å². The van der Waals surface area contributed by atoms with E-state index in [2.05, 4.69) is 4.98 Å². The predicted octanol–water partition coefficient (Wildman–Crippen LogP) is 2.13. The first-order valence-corrected chi connectivity index (χ1v) is 9.48. The van der Waals surface area contributed by atoms with Gasteiger partial charge in [-0.25, -0.2) is 4.98 Å². The van der Waals surface area contributed by atoms with Crippen LogP contribution in [0, 0.1) is 0 Å². The summed E-state index contributed by atoms with van der Waals surface area (Å²) < 4.78 is 0. The van der Waals surface area contributed by atoms with Gasteiger partial charge in [-0.05, 0) is 30.9 Å². The number of carbonyl (C=O) groups excluding carboxylic acids is 3. The summed E-state index contributed by atoms with van der Waals surface area (Å²) in [6, 6.07) is 0. The molecule has 0 atom stereocenters. The highest BCUT2D eigenvalue weighted by molar-refractivity contribution is 7.09. The maximum atomic E-state index is 12.5. The van der Waals surface area contributed by atoms with Gasteiger partial charge in [0.1, 0.15) is 5.01 Å². The number of likely N-dealkylation sites (tertiary alicyclic amines) is 2. The molecule has 0 radical (unpaired) electrons. The first kappa shape index (κ1) is 16.2. The van der Waals surface area contributed by atoms with Crippen LogP contribution in [0.4, 0.5) is 0 Å². The zero-order valence-corrected chi connectivity index (χ0v) is 14.7. The van der Waals surface area contributed by atoms with Gasteiger partial charge >= 0.3 is 0 Å². The van der Waals surface area contributed by atoms with Gasteiger partial charge in [0, 0.05) is 36.9 Å². The molecule has 130 valence electrons. The van der Waals surface area contributed by atoms with Crippen LogP contribution in [-0.2, 0) is 20.9 Å². The monoisotopic (exact) mass is 357 g/mol. The Morgan fingerprint density at radius 3 is 2.60 bits per heavy atom. The second kappa shape index (κ2) is 6.55. The highest BCUT2D eigenvalue weighted by Gasteiger charge is 2.30. The maximum Gasteiger partial charge on any atom is 0.250 e. The molecule has 2 aliphatic heterocycles. The van der Waals surface area contributed by atoms with Crippen molar-refractivity contribution in [1.82, 2.24) is 14.8 Å². The maximum absolute atomic E-state index is 12.5. The van der Waals surface area contributed by atoms with Crippen molar-refractivity contribution < 1.29 is 14.4 Å². The molecule has 3 amide bonds. The second-order valence-corrected chi connectivity index (χ2v) is 7.48. The molecule has 1 aromatic rings. The zero-order valence-electron chi connectivity index (χ0n) is 13.9. The molecule has 7 heteroatoms. The Morgan fingerprint density at radius 1 is 1.16 bits per heavy atom. The first-order valence-electron chi connectivity index (χ1n) is 8.60. The molecule has 3 aliphatic rings. The number of nitrogens with zero attached hydrogens (tertiary/aromatic N) is 3. The van der Waals surface area contributed by atoms with Gasteiger partial charge in [0.05, 0.1) is 12.2 Å². The lowest BCUT2D eigenvalue weighted by Gasteiger charge is -2.15. The van der Waals surface area contributed by atoms with Gasteiger partial charge in [-0.2, -0.15) is 0 Å². The van der Waals surface area contributed by atoms with E-state index in [4.69, 9.17) is 0 Å². The summed E-state index contributed by atoms with van der Waals surface area (Å²) in [6.45, 7) is 1.95. The van der Waals surface area contributed by atoms with Gasteiger partial charge in [-0.3, -0.25) is 19.3 Å². The molecule has 6 nitrogen and oxygen atoms in total. The number of hydrogen-bond acceptors (Lipinski definition) is 5. The van der Waals surface area contributed by atoms with Crippen molar-refractivity contribution in [3.63, 3.8) is 0 Å². The molecule has 2 saturated heterocycles. The van der Waals surface area contributed by atoms with Crippen molar-refractivity contribution in [3.05, 3.63) is 33.8 Å². The predicted molar refractivity (Wildman–Crippen MR) is 93.4 cm³/mol. The van der Waals surface area contributed by atoms with E-state index >= 15 is 0 Å². The Bertz CT molecular complexity index is 786. The number of hydrogen-bond donors (Lipinski definition) is 0. The Hall–Kier alpha value is -2.28. The molecule has 2 fully saturated rings. The number of aromatic nitrogens is 1. The SMILES string of the molecule is O=C(C1=CC(c2csc(CN3C(=O)CCC3=O)n2)=CC1)N1CCCC1. The van der Waals surface area contributed by atoms with Crippen LogP contribution in [0.1, 0.15) is 42.8 Å². The van der Waals surface area contributed by atoms with E-state index < -0.39 is 0 Å². The van der Waals surface area contributed by atoms with E-state index in [1.54, 1.807) is 0 Å². The summed E-state index contributed by atoms with van der Waals surface area (Å²) in [7, 11) is 0. The standard InChI is InChI=1S/C18H19N3O3S/c22-16-5-6-17(23)21(16)10-15-19-14(11-25-15)12-3-4-13(9-12)18(24)20-7-1-2-8-20/h3,9,11H,1-2,4-8,10H2. The lowest BCUT2D eigenvalue weighted by Crippen LogP contribution is -2.28. The summed E-state index contributed by atoms with van der Waals surface area (Å²) in [6.07, 6.45) is 7.35. The van der Waals surface area contributed by atoms with E-state index in [1.165, 1.54) is 16.2 Å². The van der Waals surface area contributed by atoms with E-state index in [-0.39, 0.29) is 24.3 Å². The van der Waals surface area contributed by atoms with E-state index in [0.717, 1.165) is 47.8 Å². The van der Waals surface area contributed by atoms with Gasteiger partial charge in [-0.15, -0.1) is 11.3 Å². The molecule has 1 aromatic heterocycles. The van der Waals surface area contributed by atoms with Crippen LogP contribution < -0.4 is 0 Å². The Labute approximate surface area is 149 Å². The van der Waals surface area contributed by atoms with Gasteiger partial charge in [0.25, 0.3) is 0 Å². The summed E-state index contributed by atoms with van der Waals surface area (Å²) in [4.78, 5) is 43.6. The third kappa shape index (κ3) is 3.16. The topological polar surface area (TPSA) is 70.6 Å². The van der Waals surface area contributed by atoms with Crippen LogP contribution in [0.3, 0.4) is 0 Å². The quantitative estimate of drug-likeness (QED) is 0.774. The number of allylic oxidation sites excluding steroid dienone is 3. The Kier molecular flexibility index (Phi) is 4.25. The molecule has 0 unspecified atom stereocenters. The van der Waals surface area contributed by atoms with Crippen LogP contribution in [-0.4, -0.2) is 45.6 Å². The summed E-state index contributed by atoms with van der Waals surface area (Å²) in [5.41, 5.74) is 2.57. The molecular formula is C18H19N3O3S. The van der Waals surface area contributed by atoms with Crippen molar-refractivity contribution in [2.24, 2.45) is 0 Å². The summed E-state index contributed by atoms with van der Waals surface area (Å²) in [5.74, 6) is -0.118. The average Bonchev–Trinajstić information content (AvgIpc) is 3.38. The molecular weight excluding hydrogens is 338 g/mol. The molecule has 3 heterocycles. The lowest BCUT2D eigenvalue weighted by molar-refractivity contribution is -0.139. The van der Waals surface area contributed by atoms with E-state index in [9.17, 15) is 14.4 Å². The molecule has 4 rings (SSSR count). The van der Waals surface area contributed by atoms with E-state index in [1.807, 2.05) is 22.4 Å². The van der Waals surface area contributed by atoms with Crippen molar-refractivity contribution in [2.75, 3.05) is 13.1 Å². The molecule has 1 aliphatic carbocycles. The average molecular weight is 357 g/mol. The van der Waals surface area contributed by atoms with Gasteiger partial charge < -0.3 is 4.90 Å². The van der Waals surface area contributed by atoms with Gasteiger partial charge in [0.15, 0.2) is 0 Å². The highest BCUT2D eigenvalue weighted by atomic mass is 32.1. The van der Waals surface area contributed by atoms with Gasteiger partial charge in [-0.1, -0.05) is 6.08 Å². The molecule has 0 bridgehead atoms. The third-order valence-electron chi connectivity index (χ3n) is 4.84. The highest BCUT2D eigenvalue weighted by Crippen LogP contribution is 2.29. The minimum absolute atomic E-state index is 0.125. The van der Waals surface area contributed by atoms with Crippen molar-refractivity contribution in [1.29, 1.82) is 0 Å². The Balaban J connectivity index is 1.44. The number of imide groups is 1. The smallest absolute Gasteiger partial charge is 0.250 e. The summed E-state index contributed by atoms with van der Waals surface area (Å²) >= 11 is 1.44. The van der Waals surface area contributed by atoms with Crippen molar-refractivity contribution in [3.8, 4) is 0 Å². The molecule has 0 N–H and O–H groups in total. The minimum atomic E-state index is -0.125. The van der Waals surface area contributed by atoms with E-state index in [0.29, 0.717) is 19.3 Å². The second-order valence-electron chi connectivity index (χ2n) is 6.53. The third-order valence-corrected chi connectivity index (χ3v) is 5.67. The van der Waals surface area contributed by atoms with Crippen LogP contribution in [0.2, 0.25) is 0 Å². The van der Waals surface area contributed by atoms with Crippen LogP contribution >= 0.6 is 11.3 Å². The minimum Gasteiger partial charge on any atom is -0.339 e. The number of carbonyl (C=O) groups is 3. The van der Waals surface area contributed by atoms with Crippen molar-refractivity contribution >= 4 is 34.6 Å². The first-order chi connectivity index (χ1) is 12.1. The Morgan fingerprint density at radius 2 is 1.88 bits per heavy atom. The number of amides is 3. The summed E-state index contributed by atoms with van der Waals surface area (Å²) in [5, 5.41) is 2.67. The van der Waals surface area contributed by atoms with Gasteiger partial charge in [0.2, 0.25) is 17.7 Å². The molecule has 0 aromatic carbocycles. The fourth-order valence-electron chi connectivity index (χ4n) is 3.43. The number of thiazole rings is 1. The van der Waals surface area contributed by atoms with Crippen LogP contribution in [0.5, 0.6) is 0 Å². The largest absolute Gasteiger partial charge is 0.339 e. The fourth-order valence-corrected chi connectivity index (χ4v) is 4.22. The molecule has 0 saturated carbocycles. The fraction of sp³-hybridized carbons (Fsp3) is 0.444. The van der Waals surface area contributed by atoms with Crippen molar-refractivity contribution in [2.45, 2.75) is 38.6 Å².